The number of ether oxygens (including phenoxy) is 1. The van der Waals surface area contributed by atoms with Gasteiger partial charge in [-0.25, -0.2) is 0 Å². The molecule has 3 unspecified atom stereocenters. The molecule has 0 aromatic carbocycles. The minimum Gasteiger partial charge on any atom is -0.394 e. The zero-order valence-electron chi connectivity index (χ0n) is 13.2. The molecule has 7 N–H and O–H groups in total. The van der Waals surface area contributed by atoms with Gasteiger partial charge in [-0.2, -0.15) is 0 Å². The topological polar surface area (TPSA) is 140 Å². The molecule has 9 nitrogen and oxygen atoms in total. The molecular formula is C14H24N4O5S. The van der Waals surface area contributed by atoms with E-state index >= 15 is 0 Å². The monoisotopic (exact) mass is 360 g/mol. The molecule has 1 aliphatic carbocycles. The van der Waals surface area contributed by atoms with E-state index in [0.29, 0.717) is 18.7 Å². The minimum atomic E-state index is -1.11. The fourth-order valence-electron chi connectivity index (χ4n) is 3.30. The smallest absolute Gasteiger partial charge is 0.134 e. The van der Waals surface area contributed by atoms with Crippen LogP contribution in [0.5, 0.6) is 0 Å². The summed E-state index contributed by atoms with van der Waals surface area (Å²) >= 11 is 1.40. The van der Waals surface area contributed by atoms with Gasteiger partial charge in [0.2, 0.25) is 0 Å². The zero-order valence-corrected chi connectivity index (χ0v) is 14.0. The average Bonchev–Trinajstić information content (AvgIpc) is 2.96. The molecule has 6 atom stereocenters. The molecule has 0 bridgehead atoms. The maximum Gasteiger partial charge on any atom is 0.134 e. The van der Waals surface area contributed by atoms with Gasteiger partial charge in [-0.15, -0.1) is 17.3 Å². The quantitative estimate of drug-likeness (QED) is 0.337. The van der Waals surface area contributed by atoms with Crippen molar-refractivity contribution in [2.24, 2.45) is 5.73 Å². The largest absolute Gasteiger partial charge is 0.394 e. The highest BCUT2D eigenvalue weighted by Gasteiger charge is 2.48. The molecule has 2 heterocycles. The van der Waals surface area contributed by atoms with Crippen LogP contribution in [0.3, 0.4) is 0 Å². The van der Waals surface area contributed by atoms with Gasteiger partial charge in [0, 0.05) is 18.1 Å². The van der Waals surface area contributed by atoms with Crippen LogP contribution in [-0.4, -0.2) is 67.8 Å². The second kappa shape index (κ2) is 7.46. The second-order valence-electron chi connectivity index (χ2n) is 6.32. The van der Waals surface area contributed by atoms with Crippen LogP contribution >= 0.6 is 11.8 Å². The van der Waals surface area contributed by atoms with Crippen LogP contribution in [0.1, 0.15) is 25.7 Å². The highest BCUT2D eigenvalue weighted by Crippen LogP contribution is 2.37. The summed E-state index contributed by atoms with van der Waals surface area (Å²) in [6, 6.07) is -0.749. The third-order valence-electron chi connectivity index (χ3n) is 4.54. The lowest BCUT2D eigenvalue weighted by Crippen LogP contribution is -2.65. The Bertz CT molecular complexity index is 508. The van der Waals surface area contributed by atoms with Crippen molar-refractivity contribution in [2.45, 2.75) is 60.7 Å². The van der Waals surface area contributed by atoms with E-state index in [2.05, 4.69) is 11.0 Å². The summed E-state index contributed by atoms with van der Waals surface area (Å²) in [7, 11) is 0. The number of nitrogens with two attached hydrogens (primary N) is 1. The highest BCUT2D eigenvalue weighted by atomic mass is 32.2. The highest BCUT2D eigenvalue weighted by molar-refractivity contribution is 8.00. The summed E-state index contributed by atoms with van der Waals surface area (Å²) in [5.74, 6) is 0.573. The first-order chi connectivity index (χ1) is 11.5. The van der Waals surface area contributed by atoms with Gasteiger partial charge in [-0.1, -0.05) is 0 Å². The van der Waals surface area contributed by atoms with Crippen LogP contribution in [0.25, 0.3) is 0 Å². The van der Waals surface area contributed by atoms with E-state index < -0.39 is 29.8 Å². The maximum absolute atomic E-state index is 11.6. The number of carbonyl (C=O) groups excluding carboxylic acids is 1. The number of hydrogen-bond donors (Lipinski definition) is 6. The Labute approximate surface area is 144 Å². The van der Waals surface area contributed by atoms with E-state index in [0.717, 1.165) is 12.8 Å². The van der Waals surface area contributed by atoms with Crippen LogP contribution in [0.2, 0.25) is 0 Å². The molecule has 3 rings (SSSR count). The summed E-state index contributed by atoms with van der Waals surface area (Å²) in [6.07, 6.45) is 1.37. The van der Waals surface area contributed by atoms with Gasteiger partial charge >= 0.3 is 0 Å². The van der Waals surface area contributed by atoms with Gasteiger partial charge in [-0.3, -0.25) is 15.2 Å². The fraction of sp³-hybridized carbons (Fsp3) is 0.786. The molecule has 2 fully saturated rings. The average molecular weight is 360 g/mol. The first-order valence-corrected chi connectivity index (χ1v) is 9.00. The summed E-state index contributed by atoms with van der Waals surface area (Å²) in [5.41, 5.74) is 10.4. The number of ketones is 1. The summed E-state index contributed by atoms with van der Waals surface area (Å²) in [5, 5.41) is 32.2. The van der Waals surface area contributed by atoms with Gasteiger partial charge < -0.3 is 25.8 Å². The van der Waals surface area contributed by atoms with Crippen molar-refractivity contribution in [3.63, 3.8) is 0 Å². The summed E-state index contributed by atoms with van der Waals surface area (Å²) < 4.78 is 5.69. The third kappa shape index (κ3) is 3.63. The summed E-state index contributed by atoms with van der Waals surface area (Å²) in [6.45, 7) is -0.370. The molecule has 0 radical (unpaired) electrons. The Balaban J connectivity index is 1.73. The van der Waals surface area contributed by atoms with Crippen LogP contribution < -0.4 is 16.7 Å². The van der Waals surface area contributed by atoms with E-state index in [1.54, 1.807) is 0 Å². The van der Waals surface area contributed by atoms with Crippen molar-refractivity contribution >= 4 is 17.5 Å². The van der Waals surface area contributed by atoms with Crippen LogP contribution in [0, 0.1) is 0 Å². The predicted molar refractivity (Wildman–Crippen MR) is 86.8 cm³/mol. The van der Waals surface area contributed by atoms with Crippen molar-refractivity contribution in [3.05, 3.63) is 12.0 Å². The van der Waals surface area contributed by atoms with Gasteiger partial charge in [0.25, 0.3) is 0 Å². The van der Waals surface area contributed by atoms with E-state index in [4.69, 9.17) is 10.5 Å². The van der Waals surface area contributed by atoms with Crippen molar-refractivity contribution in [1.29, 1.82) is 0 Å². The number of nitrogens with one attached hydrogen (secondary N) is 2. The number of hydrazine groups is 2. The molecule has 0 spiro atoms. The number of thioether (sulfide) groups is 1. The van der Waals surface area contributed by atoms with Crippen molar-refractivity contribution in [1.82, 2.24) is 16.0 Å². The first kappa shape index (κ1) is 17.8. The molecule has 1 saturated carbocycles. The van der Waals surface area contributed by atoms with E-state index in [1.165, 1.54) is 23.0 Å². The van der Waals surface area contributed by atoms with Crippen LogP contribution in [0.4, 0.5) is 0 Å². The standard InChI is InChI=1S/C14H24N4O5S/c15-10-5-18(17-16-10)11-12(21)9(6-19)23-14(13(11)22)24-8-3-1-2-7(20)4-8/h5,8-9,11-14,16-17,19,21-22H,1-4,6,15H2/t8?,9?,11-,12-,13?,14+/m0/s1. The van der Waals surface area contributed by atoms with E-state index in [-0.39, 0.29) is 17.6 Å². The number of aliphatic hydroxyl groups excluding tert-OH is 3. The molecule has 3 aliphatic rings. The third-order valence-corrected chi connectivity index (χ3v) is 5.99. The molecule has 0 aromatic heterocycles. The number of aliphatic hydroxyl groups is 3. The van der Waals surface area contributed by atoms with Gasteiger partial charge in [0.1, 0.15) is 41.4 Å². The van der Waals surface area contributed by atoms with Crippen LogP contribution in [0.15, 0.2) is 12.0 Å². The molecular weight excluding hydrogens is 336 g/mol. The number of hydrogen-bond acceptors (Lipinski definition) is 10. The van der Waals surface area contributed by atoms with Crippen molar-refractivity contribution in [3.8, 4) is 0 Å². The second-order valence-corrected chi connectivity index (χ2v) is 7.72. The molecule has 24 heavy (non-hydrogen) atoms. The minimum absolute atomic E-state index is 0.0754. The molecule has 0 aromatic rings. The zero-order chi connectivity index (χ0) is 17.3. The molecule has 1 saturated heterocycles. The Kier molecular flexibility index (Phi) is 5.52. The lowest BCUT2D eigenvalue weighted by atomic mass is 9.97. The van der Waals surface area contributed by atoms with Crippen molar-refractivity contribution in [2.75, 3.05) is 6.61 Å². The number of Topliss-reactive ketones (excluding diaryl/α,β-unsaturated/α-hetero) is 1. The Morgan fingerprint density at radius 2 is 2.21 bits per heavy atom. The van der Waals surface area contributed by atoms with Crippen molar-refractivity contribution < 1.29 is 24.9 Å². The lowest BCUT2D eigenvalue weighted by Gasteiger charge is -2.45. The Hall–Kier alpha value is -1.04. The van der Waals surface area contributed by atoms with Crippen LogP contribution in [-0.2, 0) is 9.53 Å². The predicted octanol–water partition coefficient (Wildman–Crippen LogP) is -1.88. The summed E-state index contributed by atoms with van der Waals surface area (Å²) in [4.78, 5) is 11.6. The number of rotatable bonds is 4. The number of nitrogens with zero attached hydrogens (tertiary/aromatic N) is 1. The molecule has 136 valence electrons. The van der Waals surface area contributed by atoms with Gasteiger partial charge in [0.05, 0.1) is 12.8 Å². The van der Waals surface area contributed by atoms with E-state index in [9.17, 15) is 20.1 Å². The normalized spacial score (nSPS) is 40.4. The Morgan fingerprint density at radius 3 is 2.83 bits per heavy atom. The molecule has 0 amide bonds. The molecule has 10 heteroatoms. The van der Waals surface area contributed by atoms with Gasteiger partial charge in [-0.05, 0) is 12.8 Å². The fourth-order valence-corrected chi connectivity index (χ4v) is 4.80. The van der Waals surface area contributed by atoms with Gasteiger partial charge in [0.15, 0.2) is 0 Å². The first-order valence-electron chi connectivity index (χ1n) is 8.06. The maximum atomic E-state index is 11.6. The molecule has 2 aliphatic heterocycles. The number of carbonyl (C=O) groups is 1. The Morgan fingerprint density at radius 1 is 1.42 bits per heavy atom. The lowest BCUT2D eigenvalue weighted by molar-refractivity contribution is -0.189. The SMILES string of the molecule is NC1=CN([C@@H]2C(O)[C@@H](SC3CCCC(=O)C3)OC(CO)[C@@H]2O)NN1. The van der Waals surface area contributed by atoms with E-state index in [1.807, 2.05) is 0 Å².